The van der Waals surface area contributed by atoms with E-state index in [9.17, 15) is 18.0 Å². The Bertz CT molecular complexity index is 640. The fraction of sp³-hybridized carbons (Fsp3) is 0.467. The van der Waals surface area contributed by atoms with Gasteiger partial charge in [0.1, 0.15) is 0 Å². The summed E-state index contributed by atoms with van der Waals surface area (Å²) in [6.07, 6.45) is 0. The van der Waals surface area contributed by atoms with Crippen LogP contribution in [0.2, 0.25) is 0 Å². The molecule has 0 saturated carbocycles. The second-order valence-electron chi connectivity index (χ2n) is 4.63. The summed E-state index contributed by atoms with van der Waals surface area (Å²) in [6.45, 7) is 5.71. The lowest BCUT2D eigenvalue weighted by molar-refractivity contribution is -0.121. The summed E-state index contributed by atoms with van der Waals surface area (Å²) in [5, 5.41) is 2.57. The molecule has 0 aromatic heterocycles. The van der Waals surface area contributed by atoms with E-state index < -0.39 is 16.0 Å². The number of carbonyl (C=O) groups is 2. The van der Waals surface area contributed by atoms with Crippen molar-refractivity contribution in [2.24, 2.45) is 0 Å². The molecule has 1 aromatic carbocycles. The van der Waals surface area contributed by atoms with Crippen LogP contribution in [0.5, 0.6) is 0 Å². The standard InChI is InChI=1S/C15H22N2O5S/c1-4-16-14(18)11-17(5-2)23(20,21)13-9-7-12(8-10-13)15(19)22-6-3/h7-10H,4-6,11H2,1-3H3,(H,16,18). The predicted molar refractivity (Wildman–Crippen MR) is 85.5 cm³/mol. The summed E-state index contributed by atoms with van der Waals surface area (Å²) in [5.41, 5.74) is 0.276. The topological polar surface area (TPSA) is 92.8 Å². The lowest BCUT2D eigenvalue weighted by atomic mass is 10.2. The van der Waals surface area contributed by atoms with Gasteiger partial charge in [0.15, 0.2) is 0 Å². The molecule has 0 fully saturated rings. The van der Waals surface area contributed by atoms with Crippen molar-refractivity contribution >= 4 is 21.9 Å². The van der Waals surface area contributed by atoms with Gasteiger partial charge in [0.05, 0.1) is 23.6 Å². The van der Waals surface area contributed by atoms with E-state index in [-0.39, 0.29) is 36.1 Å². The Kier molecular flexibility index (Phi) is 7.18. The number of esters is 1. The zero-order chi connectivity index (χ0) is 17.5. The first-order chi connectivity index (χ1) is 10.9. The highest BCUT2D eigenvalue weighted by Gasteiger charge is 2.25. The van der Waals surface area contributed by atoms with Crippen molar-refractivity contribution in [3.8, 4) is 0 Å². The van der Waals surface area contributed by atoms with Crippen LogP contribution in [0.4, 0.5) is 0 Å². The number of nitrogens with zero attached hydrogens (tertiary/aromatic N) is 1. The normalized spacial score (nSPS) is 11.3. The lowest BCUT2D eigenvalue weighted by Gasteiger charge is -2.20. The molecule has 1 N–H and O–H groups in total. The number of hydrogen-bond donors (Lipinski definition) is 1. The maximum Gasteiger partial charge on any atom is 0.338 e. The Morgan fingerprint density at radius 2 is 1.74 bits per heavy atom. The van der Waals surface area contributed by atoms with Crippen LogP contribution in [-0.2, 0) is 19.6 Å². The molecule has 128 valence electrons. The van der Waals surface area contributed by atoms with E-state index in [1.165, 1.54) is 24.3 Å². The average molecular weight is 342 g/mol. The molecular formula is C15H22N2O5S. The monoisotopic (exact) mass is 342 g/mol. The Morgan fingerprint density at radius 1 is 1.13 bits per heavy atom. The minimum Gasteiger partial charge on any atom is -0.462 e. The van der Waals surface area contributed by atoms with Gasteiger partial charge in [-0.2, -0.15) is 4.31 Å². The quantitative estimate of drug-likeness (QED) is 0.712. The number of carbonyl (C=O) groups excluding carboxylic acids is 2. The minimum atomic E-state index is -3.80. The first-order valence-corrected chi connectivity index (χ1v) is 8.84. The van der Waals surface area contributed by atoms with E-state index in [1.54, 1.807) is 20.8 Å². The molecule has 0 spiro atoms. The highest BCUT2D eigenvalue weighted by Crippen LogP contribution is 2.16. The minimum absolute atomic E-state index is 0.0247. The van der Waals surface area contributed by atoms with E-state index in [4.69, 9.17) is 4.74 Å². The largest absolute Gasteiger partial charge is 0.462 e. The summed E-state index contributed by atoms with van der Waals surface area (Å²) < 4.78 is 31.0. The third-order valence-electron chi connectivity index (χ3n) is 3.05. The molecule has 1 rings (SSSR count). The molecule has 8 heteroatoms. The van der Waals surface area contributed by atoms with E-state index in [1.807, 2.05) is 0 Å². The van der Waals surface area contributed by atoms with Crippen LogP contribution in [0, 0.1) is 0 Å². The van der Waals surface area contributed by atoms with Crippen molar-refractivity contribution in [3.05, 3.63) is 29.8 Å². The maximum atomic E-state index is 12.5. The van der Waals surface area contributed by atoms with Gasteiger partial charge >= 0.3 is 5.97 Å². The molecule has 23 heavy (non-hydrogen) atoms. The van der Waals surface area contributed by atoms with E-state index in [0.29, 0.717) is 6.54 Å². The Morgan fingerprint density at radius 3 is 2.22 bits per heavy atom. The predicted octanol–water partition coefficient (Wildman–Crippen LogP) is 1.01. The molecule has 0 saturated heterocycles. The van der Waals surface area contributed by atoms with Crippen LogP contribution in [0.3, 0.4) is 0 Å². The molecule has 0 aliphatic carbocycles. The zero-order valence-corrected chi connectivity index (χ0v) is 14.4. The molecular weight excluding hydrogens is 320 g/mol. The van der Waals surface area contributed by atoms with Crippen LogP contribution in [-0.4, -0.2) is 50.8 Å². The molecule has 0 unspecified atom stereocenters. The number of nitrogens with one attached hydrogen (secondary N) is 1. The highest BCUT2D eigenvalue weighted by atomic mass is 32.2. The van der Waals surface area contributed by atoms with E-state index in [0.717, 1.165) is 4.31 Å². The zero-order valence-electron chi connectivity index (χ0n) is 13.5. The summed E-state index contributed by atoms with van der Waals surface area (Å²) in [6, 6.07) is 5.46. The van der Waals surface area contributed by atoms with E-state index in [2.05, 4.69) is 5.32 Å². The molecule has 0 radical (unpaired) electrons. The second-order valence-corrected chi connectivity index (χ2v) is 6.57. The second kappa shape index (κ2) is 8.64. The highest BCUT2D eigenvalue weighted by molar-refractivity contribution is 7.89. The van der Waals surface area contributed by atoms with Crippen LogP contribution in [0.1, 0.15) is 31.1 Å². The van der Waals surface area contributed by atoms with Crippen LogP contribution < -0.4 is 5.32 Å². The van der Waals surface area contributed by atoms with Gasteiger partial charge in [-0.3, -0.25) is 4.79 Å². The van der Waals surface area contributed by atoms with Crippen molar-refractivity contribution in [1.82, 2.24) is 9.62 Å². The molecule has 1 aromatic rings. The molecule has 0 atom stereocenters. The van der Waals surface area contributed by atoms with E-state index >= 15 is 0 Å². The van der Waals surface area contributed by atoms with Crippen molar-refractivity contribution in [3.63, 3.8) is 0 Å². The number of ether oxygens (including phenoxy) is 1. The van der Waals surface area contributed by atoms with Crippen LogP contribution in [0.25, 0.3) is 0 Å². The van der Waals surface area contributed by atoms with Gasteiger partial charge in [0, 0.05) is 13.1 Å². The maximum absolute atomic E-state index is 12.5. The van der Waals surface area contributed by atoms with Gasteiger partial charge in [-0.15, -0.1) is 0 Å². The van der Waals surface area contributed by atoms with Gasteiger partial charge < -0.3 is 10.1 Å². The van der Waals surface area contributed by atoms with Gasteiger partial charge in [0.25, 0.3) is 0 Å². The average Bonchev–Trinajstić information content (AvgIpc) is 2.53. The summed E-state index contributed by atoms with van der Waals surface area (Å²) in [5.74, 6) is -0.868. The Hall–Kier alpha value is -1.93. The third kappa shape index (κ3) is 5.04. The van der Waals surface area contributed by atoms with Gasteiger partial charge in [0.2, 0.25) is 15.9 Å². The summed E-state index contributed by atoms with van der Waals surface area (Å²) in [7, 11) is -3.80. The number of sulfonamides is 1. The van der Waals surface area contributed by atoms with Crippen LogP contribution in [0.15, 0.2) is 29.2 Å². The van der Waals surface area contributed by atoms with Crippen molar-refractivity contribution in [1.29, 1.82) is 0 Å². The van der Waals surface area contributed by atoms with Gasteiger partial charge in [-0.1, -0.05) is 6.92 Å². The SMILES string of the molecule is CCNC(=O)CN(CC)S(=O)(=O)c1ccc(C(=O)OCC)cc1. The van der Waals surface area contributed by atoms with Crippen molar-refractivity contribution in [2.45, 2.75) is 25.7 Å². The van der Waals surface area contributed by atoms with Gasteiger partial charge in [-0.25, -0.2) is 13.2 Å². The number of rotatable bonds is 8. The number of amides is 1. The van der Waals surface area contributed by atoms with Crippen LogP contribution >= 0.6 is 0 Å². The molecule has 0 bridgehead atoms. The fourth-order valence-electron chi connectivity index (χ4n) is 1.91. The smallest absolute Gasteiger partial charge is 0.338 e. The first-order valence-electron chi connectivity index (χ1n) is 7.40. The fourth-order valence-corrected chi connectivity index (χ4v) is 3.31. The lowest BCUT2D eigenvalue weighted by Crippen LogP contribution is -2.40. The first kappa shape index (κ1) is 19.1. The third-order valence-corrected chi connectivity index (χ3v) is 4.98. The van der Waals surface area contributed by atoms with Crippen molar-refractivity contribution in [2.75, 3.05) is 26.2 Å². The summed E-state index contributed by atoms with van der Waals surface area (Å²) >= 11 is 0. The number of hydrogen-bond acceptors (Lipinski definition) is 5. The molecule has 0 aliphatic heterocycles. The Balaban J connectivity index is 2.97. The molecule has 7 nitrogen and oxygen atoms in total. The molecule has 0 heterocycles. The number of benzene rings is 1. The van der Waals surface area contributed by atoms with Gasteiger partial charge in [-0.05, 0) is 38.1 Å². The number of likely N-dealkylation sites (N-methyl/N-ethyl adjacent to an activating group) is 2. The Labute approximate surface area is 136 Å². The molecule has 0 aliphatic rings. The van der Waals surface area contributed by atoms with Crippen molar-refractivity contribution < 1.29 is 22.7 Å². The summed E-state index contributed by atoms with van der Waals surface area (Å²) in [4.78, 5) is 23.2. The molecule has 1 amide bonds.